The smallest absolute Gasteiger partial charge is 0.243 e. The number of anilines is 1. The standard InChI is InChI=1S/C20H25N3O4S2/c24-28(25,22-11-4-5-12-22)19-9-6-10-20(17-19)29(26,27)23-15-13-21(14-16-23)18-7-2-1-3-8-18/h1-3,6-10,17H,4-5,11-16H2. The number of para-hydroxylation sites is 1. The maximum atomic E-state index is 13.1. The van der Waals surface area contributed by atoms with Gasteiger partial charge in [-0.3, -0.25) is 0 Å². The molecule has 2 aliphatic rings. The first-order valence-electron chi connectivity index (χ1n) is 9.79. The Morgan fingerprint density at radius 2 is 1.10 bits per heavy atom. The van der Waals surface area contributed by atoms with Crippen LogP contribution in [0.4, 0.5) is 5.69 Å². The van der Waals surface area contributed by atoms with Crippen molar-refractivity contribution in [3.8, 4) is 0 Å². The molecule has 0 radical (unpaired) electrons. The molecule has 0 aliphatic carbocycles. The lowest BCUT2D eigenvalue weighted by molar-refractivity contribution is 0.385. The number of rotatable bonds is 5. The topological polar surface area (TPSA) is 78.0 Å². The minimum atomic E-state index is -3.75. The normalized spacial score (nSPS) is 19.5. The van der Waals surface area contributed by atoms with E-state index in [0.717, 1.165) is 18.5 Å². The van der Waals surface area contributed by atoms with E-state index in [9.17, 15) is 16.8 Å². The average Bonchev–Trinajstić information content (AvgIpc) is 3.30. The number of piperazine rings is 1. The van der Waals surface area contributed by atoms with Gasteiger partial charge >= 0.3 is 0 Å². The van der Waals surface area contributed by atoms with Crippen LogP contribution >= 0.6 is 0 Å². The summed E-state index contributed by atoms with van der Waals surface area (Å²) in [6.07, 6.45) is 1.67. The third-order valence-corrected chi connectivity index (χ3v) is 9.30. The molecule has 0 spiro atoms. The molecule has 9 heteroatoms. The first kappa shape index (κ1) is 20.3. The monoisotopic (exact) mass is 435 g/mol. The van der Waals surface area contributed by atoms with Crippen LogP contribution in [0.3, 0.4) is 0 Å². The molecule has 2 heterocycles. The van der Waals surface area contributed by atoms with Crippen molar-refractivity contribution in [3.63, 3.8) is 0 Å². The lowest BCUT2D eigenvalue weighted by atomic mass is 10.2. The van der Waals surface area contributed by atoms with Gasteiger partial charge in [-0.25, -0.2) is 16.8 Å². The van der Waals surface area contributed by atoms with Gasteiger partial charge in [0.15, 0.2) is 0 Å². The summed E-state index contributed by atoms with van der Waals surface area (Å²) in [5.74, 6) is 0. The zero-order valence-corrected chi connectivity index (χ0v) is 17.8. The molecule has 0 unspecified atom stereocenters. The van der Waals surface area contributed by atoms with Gasteiger partial charge in [0.05, 0.1) is 9.79 Å². The summed E-state index contributed by atoms with van der Waals surface area (Å²) in [5.41, 5.74) is 1.07. The molecule has 0 atom stereocenters. The highest BCUT2D eigenvalue weighted by Crippen LogP contribution is 2.25. The Hall–Kier alpha value is -1.94. The molecule has 4 rings (SSSR count). The van der Waals surface area contributed by atoms with Crippen molar-refractivity contribution < 1.29 is 16.8 Å². The molecule has 0 aromatic heterocycles. The second-order valence-corrected chi connectivity index (χ2v) is 11.2. The predicted octanol–water partition coefficient (Wildman–Crippen LogP) is 1.98. The molecule has 7 nitrogen and oxygen atoms in total. The van der Waals surface area contributed by atoms with Crippen LogP contribution < -0.4 is 4.90 Å². The van der Waals surface area contributed by atoms with E-state index in [0.29, 0.717) is 39.3 Å². The molecule has 156 valence electrons. The third-order valence-electron chi connectivity index (χ3n) is 5.51. The zero-order valence-electron chi connectivity index (χ0n) is 16.1. The average molecular weight is 436 g/mol. The van der Waals surface area contributed by atoms with Crippen molar-refractivity contribution in [1.82, 2.24) is 8.61 Å². The first-order valence-corrected chi connectivity index (χ1v) is 12.7. The molecule has 29 heavy (non-hydrogen) atoms. The van der Waals surface area contributed by atoms with Crippen molar-refractivity contribution >= 4 is 25.7 Å². The highest BCUT2D eigenvalue weighted by Gasteiger charge is 2.31. The molecular formula is C20H25N3O4S2. The van der Waals surface area contributed by atoms with Crippen LogP contribution in [0.1, 0.15) is 12.8 Å². The Bertz CT molecular complexity index is 1060. The van der Waals surface area contributed by atoms with E-state index in [1.165, 1.54) is 32.9 Å². The Kier molecular flexibility index (Phi) is 5.65. The molecule has 2 aromatic carbocycles. The first-order chi connectivity index (χ1) is 13.9. The maximum Gasteiger partial charge on any atom is 0.243 e. The SMILES string of the molecule is O=S(=O)(c1cccc(S(=O)(=O)N2CCN(c3ccccc3)CC2)c1)N1CCCC1. The fraction of sp³-hybridized carbons (Fsp3) is 0.400. The van der Waals surface area contributed by atoms with Gasteiger partial charge in [-0.15, -0.1) is 0 Å². The summed E-state index contributed by atoms with van der Waals surface area (Å²) in [4.78, 5) is 2.23. The highest BCUT2D eigenvalue weighted by atomic mass is 32.2. The fourth-order valence-corrected chi connectivity index (χ4v) is 6.95. The van der Waals surface area contributed by atoms with E-state index in [1.807, 2.05) is 30.3 Å². The number of benzene rings is 2. The van der Waals surface area contributed by atoms with Crippen LogP contribution in [-0.4, -0.2) is 64.7 Å². The fourth-order valence-electron chi connectivity index (χ4n) is 3.85. The molecule has 2 fully saturated rings. The summed E-state index contributed by atoms with van der Waals surface area (Å²) in [7, 11) is -7.41. The maximum absolute atomic E-state index is 13.1. The summed E-state index contributed by atoms with van der Waals surface area (Å²) in [6.45, 7) is 2.88. The van der Waals surface area contributed by atoms with Crippen LogP contribution in [0.2, 0.25) is 0 Å². The van der Waals surface area contributed by atoms with Gasteiger partial charge in [0.1, 0.15) is 0 Å². The van der Waals surface area contributed by atoms with Crippen LogP contribution in [0.15, 0.2) is 64.4 Å². The summed E-state index contributed by atoms with van der Waals surface area (Å²) in [6, 6.07) is 15.7. The van der Waals surface area contributed by atoms with E-state index >= 15 is 0 Å². The number of sulfonamides is 2. The zero-order chi connectivity index (χ0) is 20.5. The Morgan fingerprint density at radius 3 is 1.66 bits per heavy atom. The molecule has 0 bridgehead atoms. The molecule has 2 aromatic rings. The van der Waals surface area contributed by atoms with Crippen LogP contribution in [0.5, 0.6) is 0 Å². The second kappa shape index (κ2) is 8.06. The van der Waals surface area contributed by atoms with Crippen LogP contribution in [0.25, 0.3) is 0 Å². The van der Waals surface area contributed by atoms with Gasteiger partial charge in [0.2, 0.25) is 20.0 Å². The van der Waals surface area contributed by atoms with Crippen molar-refractivity contribution in [1.29, 1.82) is 0 Å². The lowest BCUT2D eigenvalue weighted by Gasteiger charge is -2.35. The molecule has 0 saturated carbocycles. The number of hydrogen-bond donors (Lipinski definition) is 0. The minimum absolute atomic E-state index is 0.0333. The van der Waals surface area contributed by atoms with Gasteiger partial charge in [-0.1, -0.05) is 24.3 Å². The van der Waals surface area contributed by atoms with Crippen molar-refractivity contribution in [2.45, 2.75) is 22.6 Å². The molecule has 0 amide bonds. The molecule has 2 aliphatic heterocycles. The molecule has 0 N–H and O–H groups in total. The van der Waals surface area contributed by atoms with Gasteiger partial charge in [-0.2, -0.15) is 8.61 Å². The molecular weight excluding hydrogens is 410 g/mol. The van der Waals surface area contributed by atoms with E-state index in [2.05, 4.69) is 4.90 Å². The Labute approximate surface area is 172 Å². The summed E-state index contributed by atoms with van der Waals surface area (Å²) in [5, 5.41) is 0. The summed E-state index contributed by atoms with van der Waals surface area (Å²) < 4.78 is 54.7. The van der Waals surface area contributed by atoms with E-state index in [-0.39, 0.29) is 9.79 Å². The van der Waals surface area contributed by atoms with Gasteiger partial charge in [0.25, 0.3) is 0 Å². The number of hydrogen-bond acceptors (Lipinski definition) is 5. The predicted molar refractivity (Wildman–Crippen MR) is 112 cm³/mol. The number of nitrogens with zero attached hydrogens (tertiary/aromatic N) is 3. The van der Waals surface area contributed by atoms with E-state index in [4.69, 9.17) is 0 Å². The van der Waals surface area contributed by atoms with Gasteiger partial charge in [0, 0.05) is 45.0 Å². The van der Waals surface area contributed by atoms with Crippen LogP contribution in [-0.2, 0) is 20.0 Å². The Balaban J connectivity index is 1.52. The van der Waals surface area contributed by atoms with Crippen LogP contribution in [0, 0.1) is 0 Å². The second-order valence-electron chi connectivity index (χ2n) is 7.31. The van der Waals surface area contributed by atoms with E-state index in [1.54, 1.807) is 0 Å². The van der Waals surface area contributed by atoms with Gasteiger partial charge < -0.3 is 4.90 Å². The van der Waals surface area contributed by atoms with Crippen molar-refractivity contribution in [2.24, 2.45) is 0 Å². The largest absolute Gasteiger partial charge is 0.369 e. The summed E-state index contributed by atoms with van der Waals surface area (Å²) >= 11 is 0. The van der Waals surface area contributed by atoms with Gasteiger partial charge in [-0.05, 0) is 43.2 Å². The van der Waals surface area contributed by atoms with E-state index < -0.39 is 20.0 Å². The highest BCUT2D eigenvalue weighted by molar-refractivity contribution is 7.90. The third kappa shape index (κ3) is 4.05. The quantitative estimate of drug-likeness (QED) is 0.718. The Morgan fingerprint density at radius 1 is 0.586 bits per heavy atom. The minimum Gasteiger partial charge on any atom is -0.369 e. The molecule has 2 saturated heterocycles. The lowest BCUT2D eigenvalue weighted by Crippen LogP contribution is -2.48. The van der Waals surface area contributed by atoms with Crippen molar-refractivity contribution in [2.75, 3.05) is 44.2 Å². The van der Waals surface area contributed by atoms with Crippen molar-refractivity contribution in [3.05, 3.63) is 54.6 Å².